The van der Waals surface area contributed by atoms with Gasteiger partial charge in [0.1, 0.15) is 11.8 Å². The molecule has 3 aromatic carbocycles. The van der Waals surface area contributed by atoms with Crippen LogP contribution in [0.15, 0.2) is 85.2 Å². The number of hydrogen-bond donors (Lipinski definition) is 3. The number of unbranched alkanes of at least 4 members (excludes halogenated alkanes) is 2. The van der Waals surface area contributed by atoms with E-state index >= 15 is 0 Å². The predicted octanol–water partition coefficient (Wildman–Crippen LogP) is 5.77. The molecule has 214 valence electrons. The number of nitrogens with zero attached hydrogens (tertiary/aromatic N) is 2. The summed E-state index contributed by atoms with van der Waals surface area (Å²) in [7, 11) is 0. The van der Waals surface area contributed by atoms with Crippen molar-refractivity contribution >= 4 is 39.5 Å². The minimum absolute atomic E-state index is 0.157. The summed E-state index contributed by atoms with van der Waals surface area (Å²) in [5.74, 6) is -0.407. The Balaban J connectivity index is 1.28. The van der Waals surface area contributed by atoms with E-state index in [1.54, 1.807) is 37.5 Å². The highest BCUT2D eigenvalue weighted by Crippen LogP contribution is 2.30. The van der Waals surface area contributed by atoms with E-state index < -0.39 is 6.04 Å². The lowest BCUT2D eigenvalue weighted by molar-refractivity contribution is -0.123. The monoisotopic (exact) mass is 561 g/mol. The number of aromatic amines is 1. The van der Waals surface area contributed by atoms with Gasteiger partial charge in [-0.1, -0.05) is 61.4 Å². The molecule has 0 unspecified atom stereocenters. The first kappa shape index (κ1) is 28.7. The SMILES string of the molecule is CC(=O)CCCCC[C@H](NC(=O)c1ccc2nccnc2c1)C(=O)NCCc1c(-c2ccccc2)[nH]c2ccccc12. The summed E-state index contributed by atoms with van der Waals surface area (Å²) in [4.78, 5) is 50.0. The highest BCUT2D eigenvalue weighted by atomic mass is 16.2. The van der Waals surface area contributed by atoms with Crippen LogP contribution in [0.4, 0.5) is 0 Å². The molecule has 2 amide bonds. The summed E-state index contributed by atoms with van der Waals surface area (Å²) in [6.07, 6.45) is 7.11. The van der Waals surface area contributed by atoms with Crippen molar-refractivity contribution in [2.45, 2.75) is 51.5 Å². The number of Topliss-reactive ketones (excluding diaryl/α,β-unsaturated/α-hetero) is 1. The van der Waals surface area contributed by atoms with E-state index in [2.05, 4.69) is 49.9 Å². The molecule has 0 aliphatic rings. The summed E-state index contributed by atoms with van der Waals surface area (Å²) in [5.41, 5.74) is 6.05. The van der Waals surface area contributed by atoms with Crippen LogP contribution in [0.3, 0.4) is 0 Å². The number of nitrogens with one attached hydrogen (secondary N) is 3. The van der Waals surface area contributed by atoms with Gasteiger partial charge in [0.15, 0.2) is 0 Å². The number of fused-ring (bicyclic) bond motifs is 2. The fourth-order valence-corrected chi connectivity index (χ4v) is 5.26. The van der Waals surface area contributed by atoms with Gasteiger partial charge in [0.25, 0.3) is 5.91 Å². The lowest BCUT2D eigenvalue weighted by atomic mass is 10.0. The molecular weight excluding hydrogens is 526 g/mol. The third-order valence-corrected chi connectivity index (χ3v) is 7.43. The average molecular weight is 562 g/mol. The Morgan fingerprint density at radius 3 is 2.43 bits per heavy atom. The summed E-state index contributed by atoms with van der Waals surface area (Å²) in [6.45, 7) is 2.00. The quantitative estimate of drug-likeness (QED) is 0.158. The average Bonchev–Trinajstić information content (AvgIpc) is 3.38. The van der Waals surface area contributed by atoms with Crippen LogP contribution in [0.25, 0.3) is 33.2 Å². The van der Waals surface area contributed by atoms with Gasteiger partial charge < -0.3 is 20.4 Å². The molecule has 2 heterocycles. The van der Waals surface area contributed by atoms with Gasteiger partial charge >= 0.3 is 0 Å². The maximum atomic E-state index is 13.4. The molecule has 8 heteroatoms. The van der Waals surface area contributed by atoms with Crippen molar-refractivity contribution in [1.29, 1.82) is 0 Å². The Hall–Kier alpha value is -4.85. The Labute approximate surface area is 245 Å². The summed E-state index contributed by atoms with van der Waals surface area (Å²) < 4.78 is 0. The fraction of sp³-hybridized carbons (Fsp3) is 0.265. The van der Waals surface area contributed by atoms with Gasteiger partial charge in [-0.15, -0.1) is 0 Å². The molecule has 0 saturated carbocycles. The van der Waals surface area contributed by atoms with Crippen molar-refractivity contribution < 1.29 is 14.4 Å². The Kier molecular flexibility index (Phi) is 9.33. The second-order valence-electron chi connectivity index (χ2n) is 10.5. The number of H-pyrrole nitrogens is 1. The minimum atomic E-state index is -0.705. The number of aromatic nitrogens is 3. The number of benzene rings is 3. The third kappa shape index (κ3) is 7.07. The van der Waals surface area contributed by atoms with Crippen LogP contribution in [-0.2, 0) is 16.0 Å². The second kappa shape index (κ2) is 13.7. The maximum absolute atomic E-state index is 13.4. The number of carbonyl (C=O) groups is 3. The molecule has 2 aromatic heterocycles. The molecule has 0 bridgehead atoms. The van der Waals surface area contributed by atoms with Gasteiger partial charge in [-0.05, 0) is 61.6 Å². The van der Waals surface area contributed by atoms with Gasteiger partial charge in [0, 0.05) is 47.5 Å². The number of carbonyl (C=O) groups excluding carboxylic acids is 3. The van der Waals surface area contributed by atoms with Gasteiger partial charge in [-0.25, -0.2) is 0 Å². The van der Waals surface area contributed by atoms with E-state index in [9.17, 15) is 14.4 Å². The number of para-hydroxylation sites is 1. The van der Waals surface area contributed by atoms with Crippen LogP contribution in [-0.4, -0.2) is 45.1 Å². The zero-order valence-corrected chi connectivity index (χ0v) is 23.7. The Morgan fingerprint density at radius 2 is 1.62 bits per heavy atom. The largest absolute Gasteiger partial charge is 0.354 e. The summed E-state index contributed by atoms with van der Waals surface area (Å²) in [6, 6.07) is 22.7. The molecule has 42 heavy (non-hydrogen) atoms. The number of hydrogen-bond acceptors (Lipinski definition) is 5. The fourth-order valence-electron chi connectivity index (χ4n) is 5.26. The lowest BCUT2D eigenvalue weighted by Gasteiger charge is -2.19. The van der Waals surface area contributed by atoms with Crippen molar-refractivity contribution in [3.63, 3.8) is 0 Å². The van der Waals surface area contributed by atoms with Crippen molar-refractivity contribution in [3.05, 3.63) is 96.3 Å². The molecule has 0 fully saturated rings. The Morgan fingerprint density at radius 1 is 0.857 bits per heavy atom. The van der Waals surface area contributed by atoms with Crippen LogP contribution in [0.1, 0.15) is 54.9 Å². The molecule has 0 spiro atoms. The number of rotatable bonds is 13. The molecule has 5 aromatic rings. The molecule has 8 nitrogen and oxygen atoms in total. The standard InChI is InChI=1S/C34H35N5O3/c1-23(40)10-4-2-7-15-30(39-33(41)25-16-17-29-31(22-25)36-21-20-35-29)34(42)37-19-18-27-26-13-8-9-14-28(26)38-32(27)24-11-5-3-6-12-24/h3,5-6,8-9,11-14,16-17,20-22,30,38H,2,4,7,10,15,18-19H2,1H3,(H,37,42)(H,39,41)/t30-/m0/s1. The van der Waals surface area contributed by atoms with E-state index in [0.717, 1.165) is 47.0 Å². The molecule has 3 N–H and O–H groups in total. The number of ketones is 1. The summed E-state index contributed by atoms with van der Waals surface area (Å²) >= 11 is 0. The van der Waals surface area contributed by atoms with Crippen molar-refractivity contribution in [2.24, 2.45) is 0 Å². The first-order valence-corrected chi connectivity index (χ1v) is 14.4. The third-order valence-electron chi connectivity index (χ3n) is 7.43. The van der Waals surface area contributed by atoms with E-state index in [1.807, 2.05) is 30.3 Å². The second-order valence-corrected chi connectivity index (χ2v) is 10.5. The van der Waals surface area contributed by atoms with Gasteiger partial charge in [-0.2, -0.15) is 0 Å². The first-order chi connectivity index (χ1) is 20.5. The summed E-state index contributed by atoms with van der Waals surface area (Å²) in [5, 5.41) is 7.13. The minimum Gasteiger partial charge on any atom is -0.354 e. The highest BCUT2D eigenvalue weighted by Gasteiger charge is 2.22. The van der Waals surface area contributed by atoms with E-state index in [1.165, 1.54) is 0 Å². The molecule has 0 aliphatic carbocycles. The van der Waals surface area contributed by atoms with Crippen LogP contribution in [0.2, 0.25) is 0 Å². The van der Waals surface area contributed by atoms with E-state index in [4.69, 9.17) is 0 Å². The smallest absolute Gasteiger partial charge is 0.252 e. The molecule has 0 aliphatic heterocycles. The molecule has 5 rings (SSSR count). The zero-order chi connectivity index (χ0) is 29.3. The van der Waals surface area contributed by atoms with Gasteiger partial charge in [-0.3, -0.25) is 19.6 Å². The van der Waals surface area contributed by atoms with E-state index in [-0.39, 0.29) is 17.6 Å². The van der Waals surface area contributed by atoms with Crippen LogP contribution in [0.5, 0.6) is 0 Å². The highest BCUT2D eigenvalue weighted by molar-refractivity contribution is 5.99. The lowest BCUT2D eigenvalue weighted by Crippen LogP contribution is -2.47. The molecule has 0 radical (unpaired) electrons. The normalized spacial score (nSPS) is 11.8. The molecule has 1 atom stereocenters. The Bertz CT molecular complexity index is 1700. The van der Waals surface area contributed by atoms with Gasteiger partial charge in [0.2, 0.25) is 5.91 Å². The van der Waals surface area contributed by atoms with Crippen molar-refractivity contribution in [1.82, 2.24) is 25.6 Å². The van der Waals surface area contributed by atoms with E-state index in [0.29, 0.717) is 42.4 Å². The maximum Gasteiger partial charge on any atom is 0.252 e. The van der Waals surface area contributed by atoms with Crippen LogP contribution >= 0.6 is 0 Å². The molecular formula is C34H35N5O3. The predicted molar refractivity (Wildman–Crippen MR) is 165 cm³/mol. The van der Waals surface area contributed by atoms with Crippen LogP contribution < -0.4 is 10.6 Å². The first-order valence-electron chi connectivity index (χ1n) is 14.4. The number of amides is 2. The zero-order valence-electron chi connectivity index (χ0n) is 23.7. The topological polar surface area (TPSA) is 117 Å². The van der Waals surface area contributed by atoms with Crippen molar-refractivity contribution in [3.8, 4) is 11.3 Å². The molecule has 0 saturated heterocycles. The van der Waals surface area contributed by atoms with Crippen molar-refractivity contribution in [2.75, 3.05) is 6.54 Å². The van der Waals surface area contributed by atoms with Crippen LogP contribution in [0, 0.1) is 0 Å². The van der Waals surface area contributed by atoms with Gasteiger partial charge in [0.05, 0.1) is 11.0 Å².